The van der Waals surface area contributed by atoms with Crippen LogP contribution in [0.4, 0.5) is 14.9 Å². The van der Waals surface area contributed by atoms with Crippen molar-refractivity contribution in [3.63, 3.8) is 0 Å². The summed E-state index contributed by atoms with van der Waals surface area (Å²) in [6.45, 7) is 0. The summed E-state index contributed by atoms with van der Waals surface area (Å²) >= 11 is 0. The largest absolute Gasteiger partial charge is 0.335 e. The number of hydrogen-bond acceptors (Lipinski definition) is 2. The number of carbonyl (C=O) groups excluding carboxylic acids is 1. The molecule has 0 unspecified atom stereocenters. The number of halogens is 1. The van der Waals surface area contributed by atoms with Crippen molar-refractivity contribution in [1.82, 2.24) is 10.3 Å². The molecule has 2 N–H and O–H groups in total. The van der Waals surface area contributed by atoms with Gasteiger partial charge in [-0.15, -0.1) is 0 Å². The molecule has 0 spiro atoms. The van der Waals surface area contributed by atoms with Gasteiger partial charge in [-0.25, -0.2) is 9.18 Å². The Morgan fingerprint density at radius 1 is 1.28 bits per heavy atom. The standard InChI is InChI=1S/C13H18FN3O/c14-11-9-15-8-7-12(11)17-13(18)16-10-5-3-1-2-4-6-10/h7-10H,1-6H2,(H2,15,16,17,18). The molecule has 1 aliphatic carbocycles. The van der Waals surface area contributed by atoms with Crippen LogP contribution in [0.1, 0.15) is 38.5 Å². The summed E-state index contributed by atoms with van der Waals surface area (Å²) in [5.41, 5.74) is 0.163. The highest BCUT2D eigenvalue weighted by Crippen LogP contribution is 2.17. The monoisotopic (exact) mass is 251 g/mol. The molecule has 1 heterocycles. The number of hydrogen-bond donors (Lipinski definition) is 2. The molecule has 1 aromatic heterocycles. The molecule has 1 saturated carbocycles. The van der Waals surface area contributed by atoms with E-state index < -0.39 is 5.82 Å². The zero-order valence-electron chi connectivity index (χ0n) is 10.3. The molecule has 1 aromatic rings. The molecular weight excluding hydrogens is 233 g/mol. The lowest BCUT2D eigenvalue weighted by Crippen LogP contribution is -2.37. The lowest BCUT2D eigenvalue weighted by molar-refractivity contribution is 0.247. The molecule has 4 nitrogen and oxygen atoms in total. The second kappa shape index (κ2) is 6.33. The number of rotatable bonds is 2. The Kier molecular flexibility index (Phi) is 4.50. The fourth-order valence-corrected chi connectivity index (χ4v) is 2.24. The van der Waals surface area contributed by atoms with Crippen LogP contribution in [0.3, 0.4) is 0 Å². The van der Waals surface area contributed by atoms with E-state index in [-0.39, 0.29) is 17.8 Å². The van der Waals surface area contributed by atoms with Crippen LogP contribution in [0.2, 0.25) is 0 Å². The van der Waals surface area contributed by atoms with Crippen molar-refractivity contribution < 1.29 is 9.18 Å². The normalized spacial score (nSPS) is 16.9. The fraction of sp³-hybridized carbons (Fsp3) is 0.538. The van der Waals surface area contributed by atoms with Gasteiger partial charge in [0.1, 0.15) is 0 Å². The van der Waals surface area contributed by atoms with Crippen LogP contribution < -0.4 is 10.6 Å². The predicted molar refractivity (Wildman–Crippen MR) is 67.8 cm³/mol. The maximum absolute atomic E-state index is 13.3. The smallest absolute Gasteiger partial charge is 0.319 e. The average molecular weight is 251 g/mol. The van der Waals surface area contributed by atoms with Gasteiger partial charge in [0.05, 0.1) is 11.9 Å². The Morgan fingerprint density at radius 2 is 2.00 bits per heavy atom. The third-order valence-electron chi connectivity index (χ3n) is 3.21. The molecule has 5 heteroatoms. The van der Waals surface area contributed by atoms with Gasteiger partial charge in [0.15, 0.2) is 5.82 Å². The SMILES string of the molecule is O=C(Nc1ccncc1F)NC1CCCCCC1. The average Bonchev–Trinajstić information content (AvgIpc) is 2.61. The van der Waals surface area contributed by atoms with E-state index in [1.165, 1.54) is 25.1 Å². The highest BCUT2D eigenvalue weighted by atomic mass is 19.1. The maximum Gasteiger partial charge on any atom is 0.319 e. The van der Waals surface area contributed by atoms with Crippen molar-refractivity contribution in [1.29, 1.82) is 0 Å². The fourth-order valence-electron chi connectivity index (χ4n) is 2.24. The topological polar surface area (TPSA) is 54.0 Å². The van der Waals surface area contributed by atoms with Gasteiger partial charge >= 0.3 is 6.03 Å². The summed E-state index contributed by atoms with van der Waals surface area (Å²) in [6.07, 6.45) is 9.31. The zero-order valence-corrected chi connectivity index (χ0v) is 10.3. The lowest BCUT2D eigenvalue weighted by atomic mass is 10.1. The van der Waals surface area contributed by atoms with E-state index >= 15 is 0 Å². The van der Waals surface area contributed by atoms with Gasteiger partial charge in [-0.3, -0.25) is 4.98 Å². The minimum absolute atomic E-state index is 0.163. The van der Waals surface area contributed by atoms with Gasteiger partial charge < -0.3 is 10.6 Å². The van der Waals surface area contributed by atoms with E-state index in [9.17, 15) is 9.18 Å². The molecule has 0 radical (unpaired) electrons. The summed E-state index contributed by atoms with van der Waals surface area (Å²) < 4.78 is 13.3. The lowest BCUT2D eigenvalue weighted by Gasteiger charge is -2.16. The van der Waals surface area contributed by atoms with E-state index in [2.05, 4.69) is 15.6 Å². The second-order valence-corrected chi connectivity index (χ2v) is 4.64. The first kappa shape index (κ1) is 12.8. The molecule has 1 fully saturated rings. The highest BCUT2D eigenvalue weighted by Gasteiger charge is 2.15. The Hall–Kier alpha value is -1.65. The Bertz CT molecular complexity index is 403. The predicted octanol–water partition coefficient (Wildman–Crippen LogP) is 3.07. The van der Waals surface area contributed by atoms with E-state index in [1.54, 1.807) is 0 Å². The van der Waals surface area contributed by atoms with Crippen molar-refractivity contribution in [2.24, 2.45) is 0 Å². The number of nitrogens with one attached hydrogen (secondary N) is 2. The van der Waals surface area contributed by atoms with Gasteiger partial charge in [0.2, 0.25) is 0 Å². The van der Waals surface area contributed by atoms with Crippen molar-refractivity contribution in [2.75, 3.05) is 5.32 Å². The highest BCUT2D eigenvalue weighted by molar-refractivity contribution is 5.89. The van der Waals surface area contributed by atoms with Crippen molar-refractivity contribution in [3.05, 3.63) is 24.3 Å². The first-order valence-electron chi connectivity index (χ1n) is 6.43. The minimum Gasteiger partial charge on any atom is -0.335 e. The first-order chi connectivity index (χ1) is 8.75. The second-order valence-electron chi connectivity index (χ2n) is 4.64. The van der Waals surface area contributed by atoms with Gasteiger partial charge in [-0.2, -0.15) is 0 Å². The first-order valence-corrected chi connectivity index (χ1v) is 6.43. The van der Waals surface area contributed by atoms with Gasteiger partial charge in [-0.05, 0) is 18.9 Å². The van der Waals surface area contributed by atoms with Crippen LogP contribution in [-0.2, 0) is 0 Å². The number of aromatic nitrogens is 1. The molecule has 0 bridgehead atoms. The van der Waals surface area contributed by atoms with Gasteiger partial charge in [0, 0.05) is 12.2 Å². The van der Waals surface area contributed by atoms with Crippen molar-refractivity contribution in [3.8, 4) is 0 Å². The van der Waals surface area contributed by atoms with E-state index in [4.69, 9.17) is 0 Å². The summed E-state index contributed by atoms with van der Waals surface area (Å²) in [5, 5.41) is 5.41. The number of carbonyl (C=O) groups is 1. The summed E-state index contributed by atoms with van der Waals surface area (Å²) in [7, 11) is 0. The van der Waals surface area contributed by atoms with E-state index in [0.717, 1.165) is 31.9 Å². The molecule has 98 valence electrons. The molecule has 0 saturated heterocycles. The Labute approximate surface area is 106 Å². The number of pyridine rings is 1. The Morgan fingerprint density at radius 3 is 2.67 bits per heavy atom. The molecule has 0 atom stereocenters. The third-order valence-corrected chi connectivity index (χ3v) is 3.21. The molecule has 2 amide bonds. The quantitative estimate of drug-likeness (QED) is 0.794. The van der Waals surface area contributed by atoms with E-state index in [0.29, 0.717) is 0 Å². The number of amides is 2. The van der Waals surface area contributed by atoms with Crippen LogP contribution in [0.25, 0.3) is 0 Å². The maximum atomic E-state index is 13.3. The van der Waals surface area contributed by atoms with Crippen LogP contribution in [-0.4, -0.2) is 17.1 Å². The number of urea groups is 1. The molecule has 0 aliphatic heterocycles. The summed E-state index contributed by atoms with van der Waals surface area (Å²) in [4.78, 5) is 15.4. The number of nitrogens with zero attached hydrogens (tertiary/aromatic N) is 1. The summed E-state index contributed by atoms with van der Waals surface area (Å²) in [5.74, 6) is -0.520. The van der Waals surface area contributed by atoms with Crippen LogP contribution in [0, 0.1) is 5.82 Å². The van der Waals surface area contributed by atoms with Gasteiger partial charge in [-0.1, -0.05) is 25.7 Å². The van der Waals surface area contributed by atoms with Crippen molar-refractivity contribution >= 4 is 11.7 Å². The molecule has 2 rings (SSSR count). The summed E-state index contributed by atoms with van der Waals surface area (Å²) in [6, 6.07) is 1.31. The van der Waals surface area contributed by atoms with Crippen molar-refractivity contribution in [2.45, 2.75) is 44.6 Å². The third kappa shape index (κ3) is 3.68. The van der Waals surface area contributed by atoms with E-state index in [1.807, 2.05) is 0 Å². The minimum atomic E-state index is -0.520. The molecule has 18 heavy (non-hydrogen) atoms. The van der Waals surface area contributed by atoms with Gasteiger partial charge in [0.25, 0.3) is 0 Å². The van der Waals surface area contributed by atoms with Crippen LogP contribution in [0.15, 0.2) is 18.5 Å². The molecule has 1 aliphatic rings. The number of anilines is 1. The zero-order chi connectivity index (χ0) is 12.8. The van der Waals surface area contributed by atoms with Crippen LogP contribution >= 0.6 is 0 Å². The molecule has 0 aromatic carbocycles. The molecular formula is C13H18FN3O. The van der Waals surface area contributed by atoms with Crippen LogP contribution in [0.5, 0.6) is 0 Å². The Balaban J connectivity index is 1.86.